The number of sulfonamides is 1. The van der Waals surface area contributed by atoms with E-state index in [1.807, 2.05) is 58.0 Å². The number of amides is 2. The third-order valence-corrected chi connectivity index (χ3v) is 8.19. The summed E-state index contributed by atoms with van der Waals surface area (Å²) in [7, 11) is -2.59. The SMILES string of the molecule is COc1ccc(N(CC(=O)N(CCc2ccccc2)C(C)C(=O)NC(C)(C)C)S(=O)(=O)c2ccc(C)cc2)cc1. The quantitative estimate of drug-likeness (QED) is 0.367. The van der Waals surface area contributed by atoms with Crippen LogP contribution in [-0.4, -0.2) is 56.9 Å². The van der Waals surface area contributed by atoms with Crippen LogP contribution in [0, 0.1) is 6.92 Å². The lowest BCUT2D eigenvalue weighted by atomic mass is 10.1. The van der Waals surface area contributed by atoms with Crippen molar-refractivity contribution in [2.75, 3.05) is 24.5 Å². The summed E-state index contributed by atoms with van der Waals surface area (Å²) in [5, 5.41) is 2.93. The molecular weight excluding hydrogens is 526 g/mol. The molecule has 0 saturated heterocycles. The van der Waals surface area contributed by atoms with Gasteiger partial charge in [-0.1, -0.05) is 48.0 Å². The molecule has 0 aromatic heterocycles. The molecule has 8 nitrogen and oxygen atoms in total. The smallest absolute Gasteiger partial charge is 0.264 e. The predicted molar refractivity (Wildman–Crippen MR) is 158 cm³/mol. The van der Waals surface area contributed by atoms with Crippen molar-refractivity contribution in [2.45, 2.75) is 57.5 Å². The molecule has 3 aromatic rings. The second-order valence-electron chi connectivity index (χ2n) is 10.8. The topological polar surface area (TPSA) is 96.0 Å². The molecule has 2 amide bonds. The Hall–Kier alpha value is -3.85. The highest BCUT2D eigenvalue weighted by Gasteiger charge is 2.33. The molecule has 1 unspecified atom stereocenters. The Morgan fingerprint density at radius 3 is 2.08 bits per heavy atom. The van der Waals surface area contributed by atoms with Crippen LogP contribution in [0.25, 0.3) is 0 Å². The van der Waals surface area contributed by atoms with Crippen LogP contribution in [0.4, 0.5) is 5.69 Å². The molecule has 214 valence electrons. The Bertz CT molecular complexity index is 1380. The molecule has 3 rings (SSSR count). The lowest BCUT2D eigenvalue weighted by Crippen LogP contribution is -2.55. The summed E-state index contributed by atoms with van der Waals surface area (Å²) in [5.41, 5.74) is 1.73. The van der Waals surface area contributed by atoms with Gasteiger partial charge in [0.25, 0.3) is 10.0 Å². The van der Waals surface area contributed by atoms with Gasteiger partial charge in [0.1, 0.15) is 18.3 Å². The molecule has 0 aliphatic rings. The Balaban J connectivity index is 1.99. The summed E-state index contributed by atoms with van der Waals surface area (Å²) in [6, 6.07) is 21.8. The van der Waals surface area contributed by atoms with Crippen LogP contribution in [0.15, 0.2) is 83.8 Å². The summed E-state index contributed by atoms with van der Waals surface area (Å²) in [6.07, 6.45) is 0.507. The average Bonchev–Trinajstić information content (AvgIpc) is 2.91. The number of hydrogen-bond donors (Lipinski definition) is 1. The van der Waals surface area contributed by atoms with E-state index < -0.39 is 34.1 Å². The van der Waals surface area contributed by atoms with Gasteiger partial charge in [0, 0.05) is 12.1 Å². The number of benzene rings is 3. The molecule has 1 N–H and O–H groups in total. The minimum atomic E-state index is -4.12. The number of carbonyl (C=O) groups is 2. The van der Waals surface area contributed by atoms with Gasteiger partial charge in [0.05, 0.1) is 17.7 Å². The molecule has 0 bridgehead atoms. The fraction of sp³-hybridized carbons (Fsp3) is 0.355. The third-order valence-electron chi connectivity index (χ3n) is 6.40. The molecule has 3 aromatic carbocycles. The zero-order valence-corrected chi connectivity index (χ0v) is 24.9. The average molecular weight is 566 g/mol. The van der Waals surface area contributed by atoms with Gasteiger partial charge in [-0.3, -0.25) is 13.9 Å². The van der Waals surface area contributed by atoms with Crippen LogP contribution in [0.1, 0.15) is 38.8 Å². The van der Waals surface area contributed by atoms with E-state index in [0.29, 0.717) is 17.9 Å². The number of aryl methyl sites for hydroxylation is 1. The maximum absolute atomic E-state index is 13.9. The van der Waals surface area contributed by atoms with Gasteiger partial charge < -0.3 is 15.0 Å². The lowest BCUT2D eigenvalue weighted by molar-refractivity contribution is -0.139. The summed E-state index contributed by atoms with van der Waals surface area (Å²) >= 11 is 0. The highest BCUT2D eigenvalue weighted by molar-refractivity contribution is 7.92. The first-order valence-corrected chi connectivity index (χ1v) is 14.6. The molecule has 0 aliphatic carbocycles. The number of nitrogens with one attached hydrogen (secondary N) is 1. The molecule has 0 aliphatic heterocycles. The number of rotatable bonds is 11. The fourth-order valence-electron chi connectivity index (χ4n) is 4.16. The monoisotopic (exact) mass is 565 g/mol. The maximum Gasteiger partial charge on any atom is 0.264 e. The van der Waals surface area contributed by atoms with Crippen LogP contribution >= 0.6 is 0 Å². The highest BCUT2D eigenvalue weighted by Crippen LogP contribution is 2.26. The third kappa shape index (κ3) is 8.08. The number of carbonyl (C=O) groups excluding carboxylic acids is 2. The minimum Gasteiger partial charge on any atom is -0.497 e. The Labute approximate surface area is 238 Å². The largest absolute Gasteiger partial charge is 0.497 e. The van der Waals surface area contributed by atoms with Crippen molar-refractivity contribution in [3.05, 3.63) is 90.0 Å². The van der Waals surface area contributed by atoms with Gasteiger partial charge in [0.2, 0.25) is 11.8 Å². The van der Waals surface area contributed by atoms with E-state index in [-0.39, 0.29) is 17.3 Å². The zero-order chi connectivity index (χ0) is 29.5. The fourth-order valence-corrected chi connectivity index (χ4v) is 5.57. The van der Waals surface area contributed by atoms with Crippen LogP contribution in [0.2, 0.25) is 0 Å². The molecule has 0 spiro atoms. The van der Waals surface area contributed by atoms with Crippen molar-refractivity contribution >= 4 is 27.5 Å². The first-order valence-electron chi connectivity index (χ1n) is 13.2. The number of ether oxygens (including phenoxy) is 1. The van der Waals surface area contributed by atoms with Gasteiger partial charge >= 0.3 is 0 Å². The van der Waals surface area contributed by atoms with Crippen LogP contribution < -0.4 is 14.4 Å². The standard InChI is InChI=1S/C31H39N3O5S/c1-23-12-18-28(19-13-23)40(37,38)34(26-14-16-27(39-6)17-15-26)22-29(35)33(21-20-25-10-8-7-9-11-25)24(2)30(36)32-31(3,4)5/h7-19,24H,20-22H2,1-6H3,(H,32,36). The Kier molecular flexibility index (Phi) is 9.98. The van der Waals surface area contributed by atoms with Gasteiger partial charge in [0.15, 0.2) is 0 Å². The molecule has 40 heavy (non-hydrogen) atoms. The highest BCUT2D eigenvalue weighted by atomic mass is 32.2. The van der Waals surface area contributed by atoms with E-state index in [4.69, 9.17) is 4.74 Å². The number of hydrogen-bond acceptors (Lipinski definition) is 5. The minimum absolute atomic E-state index is 0.0658. The van der Waals surface area contributed by atoms with Gasteiger partial charge in [-0.05, 0) is 83.0 Å². The Morgan fingerprint density at radius 2 is 1.52 bits per heavy atom. The first kappa shape index (κ1) is 30.7. The number of nitrogens with zero attached hydrogens (tertiary/aromatic N) is 2. The normalized spacial score (nSPS) is 12.3. The molecule has 0 fully saturated rings. The van der Waals surface area contributed by atoms with E-state index in [9.17, 15) is 18.0 Å². The van der Waals surface area contributed by atoms with E-state index >= 15 is 0 Å². The van der Waals surface area contributed by atoms with Crippen molar-refractivity contribution in [2.24, 2.45) is 0 Å². The Morgan fingerprint density at radius 1 is 0.925 bits per heavy atom. The molecule has 1 atom stereocenters. The summed E-state index contributed by atoms with van der Waals surface area (Å²) in [6.45, 7) is 8.90. The van der Waals surface area contributed by atoms with Crippen LogP contribution in [0.5, 0.6) is 5.75 Å². The van der Waals surface area contributed by atoms with Crippen molar-refractivity contribution in [1.29, 1.82) is 0 Å². The first-order chi connectivity index (χ1) is 18.8. The zero-order valence-electron chi connectivity index (χ0n) is 24.0. The van der Waals surface area contributed by atoms with E-state index in [1.165, 1.54) is 24.1 Å². The summed E-state index contributed by atoms with van der Waals surface area (Å²) in [4.78, 5) is 28.6. The predicted octanol–water partition coefficient (Wildman–Crippen LogP) is 4.57. The molecular formula is C31H39N3O5S. The lowest BCUT2D eigenvalue weighted by Gasteiger charge is -2.33. The maximum atomic E-state index is 13.9. The van der Waals surface area contributed by atoms with Crippen LogP contribution in [0.3, 0.4) is 0 Å². The number of methoxy groups -OCH3 is 1. The number of anilines is 1. The van der Waals surface area contributed by atoms with Gasteiger partial charge in [-0.25, -0.2) is 8.42 Å². The second kappa shape index (κ2) is 13.0. The van der Waals surface area contributed by atoms with Crippen molar-refractivity contribution < 1.29 is 22.7 Å². The van der Waals surface area contributed by atoms with E-state index in [2.05, 4.69) is 5.32 Å². The summed E-state index contributed by atoms with van der Waals surface area (Å²) in [5.74, 6) is -0.245. The van der Waals surface area contributed by atoms with Crippen LogP contribution in [-0.2, 0) is 26.0 Å². The van der Waals surface area contributed by atoms with Crippen molar-refractivity contribution in [3.63, 3.8) is 0 Å². The molecule has 0 saturated carbocycles. The van der Waals surface area contributed by atoms with E-state index in [0.717, 1.165) is 15.4 Å². The van der Waals surface area contributed by atoms with Gasteiger partial charge in [-0.15, -0.1) is 0 Å². The molecule has 9 heteroatoms. The summed E-state index contributed by atoms with van der Waals surface area (Å²) < 4.78 is 34.1. The molecule has 0 heterocycles. The van der Waals surface area contributed by atoms with Crippen molar-refractivity contribution in [1.82, 2.24) is 10.2 Å². The van der Waals surface area contributed by atoms with Crippen molar-refractivity contribution in [3.8, 4) is 5.75 Å². The molecule has 0 radical (unpaired) electrons. The van der Waals surface area contributed by atoms with Gasteiger partial charge in [-0.2, -0.15) is 0 Å². The van der Waals surface area contributed by atoms with E-state index in [1.54, 1.807) is 43.3 Å². The second-order valence-corrected chi connectivity index (χ2v) is 12.6.